The molecule has 2 aromatic rings. The molecule has 0 aliphatic carbocycles. The number of aromatic nitrogens is 2. The number of carbonyl (C=O) groups is 1. The highest BCUT2D eigenvalue weighted by molar-refractivity contribution is 7.10. The molecule has 0 unspecified atom stereocenters. The second-order valence-electron chi connectivity index (χ2n) is 6.45. The summed E-state index contributed by atoms with van der Waals surface area (Å²) in [6.07, 6.45) is 6.37. The lowest BCUT2D eigenvalue weighted by Gasteiger charge is -2.21. The molecule has 1 fully saturated rings. The van der Waals surface area contributed by atoms with Gasteiger partial charge in [0.2, 0.25) is 5.91 Å². The summed E-state index contributed by atoms with van der Waals surface area (Å²) in [5.74, 6) is 1.32. The summed E-state index contributed by atoms with van der Waals surface area (Å²) in [6, 6.07) is 4.04. The van der Waals surface area contributed by atoms with Gasteiger partial charge >= 0.3 is 0 Å². The van der Waals surface area contributed by atoms with Crippen LogP contribution in [0.5, 0.6) is 0 Å². The maximum absolute atomic E-state index is 12.6. The number of thiophene rings is 1. The molecule has 6 heteroatoms. The Kier molecular flexibility index (Phi) is 4.47. The van der Waals surface area contributed by atoms with E-state index in [1.165, 1.54) is 18.4 Å². The number of fused-ring (bicyclic) bond motifs is 1. The summed E-state index contributed by atoms with van der Waals surface area (Å²) in [4.78, 5) is 27.2. The monoisotopic (exact) mass is 342 g/mol. The normalized spacial score (nSPS) is 17.7. The summed E-state index contributed by atoms with van der Waals surface area (Å²) >= 11 is 1.65. The first-order chi connectivity index (χ1) is 11.8. The van der Waals surface area contributed by atoms with Gasteiger partial charge in [-0.25, -0.2) is 9.97 Å². The van der Waals surface area contributed by atoms with E-state index < -0.39 is 0 Å². The smallest absolute Gasteiger partial charge is 0.227 e. The molecule has 4 rings (SSSR count). The minimum Gasteiger partial charge on any atom is -0.356 e. The predicted molar refractivity (Wildman–Crippen MR) is 95.5 cm³/mol. The van der Waals surface area contributed by atoms with E-state index in [1.54, 1.807) is 17.7 Å². The first-order valence-electron chi connectivity index (χ1n) is 8.69. The lowest BCUT2D eigenvalue weighted by Crippen LogP contribution is -2.34. The predicted octanol–water partition coefficient (Wildman–Crippen LogP) is 2.31. The number of carbonyl (C=O) groups excluding carboxylic acids is 1. The second-order valence-corrected chi connectivity index (χ2v) is 7.49. The van der Waals surface area contributed by atoms with Gasteiger partial charge in [-0.2, -0.15) is 0 Å². The van der Waals surface area contributed by atoms with Crippen LogP contribution in [0.25, 0.3) is 0 Å². The Balaban J connectivity index is 1.49. The molecule has 0 N–H and O–H groups in total. The molecule has 0 saturated carbocycles. The van der Waals surface area contributed by atoms with Crippen LogP contribution in [0.15, 0.2) is 23.8 Å². The van der Waals surface area contributed by atoms with Crippen LogP contribution in [0.1, 0.15) is 29.0 Å². The Morgan fingerprint density at radius 3 is 2.75 bits per heavy atom. The number of nitrogens with zero attached hydrogens (tertiary/aromatic N) is 4. The largest absolute Gasteiger partial charge is 0.356 e. The summed E-state index contributed by atoms with van der Waals surface area (Å²) in [5.41, 5.74) is 2.38. The summed E-state index contributed by atoms with van der Waals surface area (Å²) < 4.78 is 0. The highest BCUT2D eigenvalue weighted by Gasteiger charge is 2.25. The molecule has 126 valence electrons. The first kappa shape index (κ1) is 15.6. The minimum absolute atomic E-state index is 0.223. The molecule has 1 amide bonds. The van der Waals surface area contributed by atoms with Gasteiger partial charge in [-0.3, -0.25) is 4.79 Å². The van der Waals surface area contributed by atoms with Crippen LogP contribution in [-0.4, -0.2) is 47.0 Å². The lowest BCUT2D eigenvalue weighted by molar-refractivity contribution is -0.130. The fourth-order valence-electron chi connectivity index (χ4n) is 3.63. The Morgan fingerprint density at radius 2 is 1.96 bits per heavy atom. The average Bonchev–Trinajstić information content (AvgIpc) is 3.25. The number of anilines is 1. The second kappa shape index (κ2) is 6.89. The van der Waals surface area contributed by atoms with Gasteiger partial charge in [-0.1, -0.05) is 6.07 Å². The van der Waals surface area contributed by atoms with Gasteiger partial charge < -0.3 is 9.80 Å². The SMILES string of the molecule is O=C(Cc1cccs1)N1CCc2ncnc(N3CCCC3)c2CC1. The third-order valence-electron chi connectivity index (χ3n) is 4.93. The van der Waals surface area contributed by atoms with Gasteiger partial charge in [0.25, 0.3) is 0 Å². The molecule has 0 spiro atoms. The average molecular weight is 342 g/mol. The van der Waals surface area contributed by atoms with Crippen molar-refractivity contribution in [3.63, 3.8) is 0 Å². The zero-order valence-corrected chi connectivity index (χ0v) is 14.6. The molecular formula is C18H22N4OS. The van der Waals surface area contributed by atoms with Crippen LogP contribution in [0.2, 0.25) is 0 Å². The molecule has 0 aromatic carbocycles. The quantitative estimate of drug-likeness (QED) is 0.859. The van der Waals surface area contributed by atoms with Gasteiger partial charge in [0.15, 0.2) is 0 Å². The minimum atomic E-state index is 0.223. The lowest BCUT2D eigenvalue weighted by atomic mass is 10.1. The van der Waals surface area contributed by atoms with Gasteiger partial charge in [-0.15, -0.1) is 11.3 Å². The van der Waals surface area contributed by atoms with Gasteiger partial charge in [0.1, 0.15) is 12.1 Å². The molecule has 1 saturated heterocycles. The van der Waals surface area contributed by atoms with Gasteiger partial charge in [-0.05, 0) is 30.7 Å². The Morgan fingerprint density at radius 1 is 1.12 bits per heavy atom. The molecule has 2 aliphatic rings. The molecule has 2 aliphatic heterocycles. The Hall–Kier alpha value is -1.95. The van der Waals surface area contributed by atoms with Crippen LogP contribution in [0.4, 0.5) is 5.82 Å². The molecule has 0 atom stereocenters. The highest BCUT2D eigenvalue weighted by atomic mass is 32.1. The standard InChI is InChI=1S/C18H22N4OS/c23-17(12-14-4-3-11-24-14)21-9-5-15-16(6-10-21)19-13-20-18(15)22-7-1-2-8-22/h3-4,11,13H,1-2,5-10,12H2. The zero-order chi connectivity index (χ0) is 16.4. The number of rotatable bonds is 3. The molecule has 0 radical (unpaired) electrons. The summed E-state index contributed by atoms with van der Waals surface area (Å²) in [6.45, 7) is 3.70. The summed E-state index contributed by atoms with van der Waals surface area (Å²) in [5, 5.41) is 2.03. The van der Waals surface area contributed by atoms with E-state index in [4.69, 9.17) is 0 Å². The van der Waals surface area contributed by atoms with Crippen molar-refractivity contribution in [2.24, 2.45) is 0 Å². The molecule has 24 heavy (non-hydrogen) atoms. The van der Waals surface area contributed by atoms with Crippen molar-refractivity contribution >= 4 is 23.1 Å². The third kappa shape index (κ3) is 3.15. The van der Waals surface area contributed by atoms with Gasteiger partial charge in [0, 0.05) is 43.0 Å². The van der Waals surface area contributed by atoms with E-state index in [2.05, 4.69) is 14.9 Å². The highest BCUT2D eigenvalue weighted by Crippen LogP contribution is 2.26. The molecule has 5 nitrogen and oxygen atoms in total. The van der Waals surface area contributed by atoms with E-state index in [-0.39, 0.29) is 5.91 Å². The molecular weight excluding hydrogens is 320 g/mol. The molecule has 4 heterocycles. The van der Waals surface area contributed by atoms with Crippen molar-refractivity contribution in [3.05, 3.63) is 40.0 Å². The maximum Gasteiger partial charge on any atom is 0.227 e. The summed E-state index contributed by atoms with van der Waals surface area (Å²) in [7, 11) is 0. The Labute approximate surface area is 146 Å². The molecule has 0 bridgehead atoms. The van der Waals surface area contributed by atoms with Crippen LogP contribution < -0.4 is 4.90 Å². The zero-order valence-electron chi connectivity index (χ0n) is 13.8. The van der Waals surface area contributed by atoms with Crippen molar-refractivity contribution in [3.8, 4) is 0 Å². The third-order valence-corrected chi connectivity index (χ3v) is 5.80. The topological polar surface area (TPSA) is 49.3 Å². The van der Waals surface area contributed by atoms with Crippen LogP contribution in [0.3, 0.4) is 0 Å². The van der Waals surface area contributed by atoms with Gasteiger partial charge in [0.05, 0.1) is 12.1 Å². The van der Waals surface area contributed by atoms with E-state index in [0.717, 1.165) is 55.4 Å². The molecule has 2 aromatic heterocycles. The van der Waals surface area contributed by atoms with E-state index >= 15 is 0 Å². The van der Waals surface area contributed by atoms with E-state index in [1.807, 2.05) is 22.4 Å². The van der Waals surface area contributed by atoms with Crippen molar-refractivity contribution in [2.45, 2.75) is 32.1 Å². The number of hydrogen-bond donors (Lipinski definition) is 0. The Bertz CT molecular complexity index is 710. The van der Waals surface area contributed by atoms with E-state index in [9.17, 15) is 4.79 Å². The van der Waals surface area contributed by atoms with Crippen molar-refractivity contribution in [2.75, 3.05) is 31.1 Å². The van der Waals surface area contributed by atoms with Crippen LogP contribution >= 0.6 is 11.3 Å². The fourth-order valence-corrected chi connectivity index (χ4v) is 4.33. The maximum atomic E-state index is 12.6. The van der Waals surface area contributed by atoms with Crippen LogP contribution in [0, 0.1) is 0 Å². The van der Waals surface area contributed by atoms with Crippen LogP contribution in [-0.2, 0) is 24.1 Å². The van der Waals surface area contributed by atoms with E-state index in [0.29, 0.717) is 6.42 Å². The number of amides is 1. The fraction of sp³-hybridized carbons (Fsp3) is 0.500. The first-order valence-corrected chi connectivity index (χ1v) is 9.57. The van der Waals surface area contributed by atoms with Crippen molar-refractivity contribution in [1.82, 2.24) is 14.9 Å². The number of hydrogen-bond acceptors (Lipinski definition) is 5. The van der Waals surface area contributed by atoms with Crippen molar-refractivity contribution < 1.29 is 4.79 Å². The van der Waals surface area contributed by atoms with Crippen molar-refractivity contribution in [1.29, 1.82) is 0 Å².